The van der Waals surface area contributed by atoms with Crippen LogP contribution in [0, 0.1) is 3.57 Å². The molecule has 2 heterocycles. The lowest BCUT2D eigenvalue weighted by Gasteiger charge is -2.35. The minimum absolute atomic E-state index is 0.0146. The Morgan fingerprint density at radius 2 is 2.00 bits per heavy atom. The molecule has 0 aliphatic carbocycles. The van der Waals surface area contributed by atoms with Gasteiger partial charge in [0.05, 0.1) is 18.2 Å². The average Bonchev–Trinajstić information content (AvgIpc) is 2.67. The number of nitrogens with zero attached hydrogens (tertiary/aromatic N) is 2. The van der Waals surface area contributed by atoms with Gasteiger partial charge in [-0.15, -0.1) is 0 Å². The molecule has 0 unspecified atom stereocenters. The zero-order chi connectivity index (χ0) is 22.1. The van der Waals surface area contributed by atoms with Crippen molar-refractivity contribution in [3.8, 4) is 0 Å². The van der Waals surface area contributed by atoms with Crippen LogP contribution in [0.1, 0.15) is 56.9 Å². The molecule has 1 aromatic heterocycles. The molecule has 162 valence electrons. The summed E-state index contributed by atoms with van der Waals surface area (Å²) in [5, 5.41) is 0.474. The van der Waals surface area contributed by atoms with Crippen molar-refractivity contribution in [2.45, 2.75) is 52.2 Å². The molecule has 3 rings (SSSR count). The van der Waals surface area contributed by atoms with Crippen molar-refractivity contribution < 1.29 is 19.1 Å². The van der Waals surface area contributed by atoms with Crippen LogP contribution in [-0.2, 0) is 9.47 Å². The highest BCUT2D eigenvalue weighted by atomic mass is 127. The zero-order valence-electron chi connectivity index (χ0n) is 17.7. The van der Waals surface area contributed by atoms with Crippen LogP contribution < -0.4 is 5.43 Å². The average molecular weight is 526 g/mol. The minimum Gasteiger partial charge on any atom is -0.462 e. The fourth-order valence-electron chi connectivity index (χ4n) is 3.66. The Morgan fingerprint density at radius 3 is 2.67 bits per heavy atom. The van der Waals surface area contributed by atoms with Gasteiger partial charge in [0, 0.05) is 28.2 Å². The van der Waals surface area contributed by atoms with E-state index in [0.717, 1.165) is 21.9 Å². The Bertz CT molecular complexity index is 1020. The first-order valence-corrected chi connectivity index (χ1v) is 11.2. The number of pyridine rings is 1. The summed E-state index contributed by atoms with van der Waals surface area (Å²) >= 11 is 2.15. The highest BCUT2D eigenvalue weighted by Gasteiger charge is 2.29. The van der Waals surface area contributed by atoms with Gasteiger partial charge in [-0.3, -0.25) is 4.79 Å². The molecular formula is C22H27IN2O5. The molecule has 0 bridgehead atoms. The molecule has 1 aliphatic rings. The van der Waals surface area contributed by atoms with Crippen LogP contribution >= 0.6 is 22.6 Å². The number of aromatic nitrogens is 1. The second-order valence-electron chi connectivity index (χ2n) is 8.38. The molecule has 1 aliphatic heterocycles. The lowest BCUT2D eigenvalue weighted by Crippen LogP contribution is -2.43. The molecule has 1 saturated heterocycles. The molecule has 1 amide bonds. The molecule has 0 N–H and O–H groups in total. The van der Waals surface area contributed by atoms with E-state index in [0.29, 0.717) is 18.5 Å². The van der Waals surface area contributed by atoms with Gasteiger partial charge in [0.15, 0.2) is 0 Å². The van der Waals surface area contributed by atoms with Gasteiger partial charge in [-0.2, -0.15) is 0 Å². The molecule has 30 heavy (non-hydrogen) atoms. The number of esters is 1. The minimum atomic E-state index is -0.628. The first kappa shape index (κ1) is 22.6. The Balaban J connectivity index is 2.04. The number of piperidine rings is 1. The van der Waals surface area contributed by atoms with Gasteiger partial charge in [0.1, 0.15) is 11.2 Å². The van der Waals surface area contributed by atoms with Crippen molar-refractivity contribution in [3.05, 3.63) is 43.8 Å². The third-order valence-electron chi connectivity index (χ3n) is 4.93. The summed E-state index contributed by atoms with van der Waals surface area (Å²) in [6.45, 7) is 8.49. The summed E-state index contributed by atoms with van der Waals surface area (Å²) in [7, 11) is 0. The molecule has 0 spiro atoms. The first-order valence-electron chi connectivity index (χ1n) is 10.1. The molecule has 1 atom stereocenters. The molecule has 7 nitrogen and oxygen atoms in total. The number of amides is 1. The summed E-state index contributed by atoms with van der Waals surface area (Å²) in [6, 6.07) is 5.52. The Hall–Kier alpha value is -2.10. The SMILES string of the molecule is CCOC(=O)c1cn([C@H]2CCCN(C(=O)OC(C)(C)C)C2)c2ccc(I)cc2c1=O. The second kappa shape index (κ2) is 8.95. The van der Waals surface area contributed by atoms with E-state index in [9.17, 15) is 14.4 Å². The molecule has 1 aromatic carbocycles. The number of rotatable bonds is 3. The van der Waals surface area contributed by atoms with Gasteiger partial charge in [0.2, 0.25) is 5.43 Å². The predicted molar refractivity (Wildman–Crippen MR) is 123 cm³/mol. The smallest absolute Gasteiger partial charge is 0.410 e. The van der Waals surface area contributed by atoms with Crippen molar-refractivity contribution >= 4 is 45.6 Å². The van der Waals surface area contributed by atoms with Crippen LogP contribution in [-0.4, -0.2) is 46.8 Å². The number of carbonyl (C=O) groups excluding carboxylic acids is 2. The van der Waals surface area contributed by atoms with Gasteiger partial charge >= 0.3 is 12.1 Å². The third-order valence-corrected chi connectivity index (χ3v) is 5.60. The Kier molecular flexibility index (Phi) is 6.74. The number of carbonyl (C=O) groups is 2. The van der Waals surface area contributed by atoms with Crippen LogP contribution in [0.2, 0.25) is 0 Å². The first-order chi connectivity index (χ1) is 14.1. The predicted octanol–water partition coefficient (Wildman–Crippen LogP) is 4.35. The van der Waals surface area contributed by atoms with E-state index < -0.39 is 11.6 Å². The number of hydrogen-bond donors (Lipinski definition) is 0. The molecule has 1 fully saturated rings. The Morgan fingerprint density at radius 1 is 1.27 bits per heavy atom. The molecule has 2 aromatic rings. The monoisotopic (exact) mass is 526 g/mol. The number of ether oxygens (including phenoxy) is 2. The normalized spacial score (nSPS) is 17.1. The van der Waals surface area contributed by atoms with E-state index in [4.69, 9.17) is 9.47 Å². The zero-order valence-corrected chi connectivity index (χ0v) is 19.9. The lowest BCUT2D eigenvalue weighted by atomic mass is 10.0. The number of fused-ring (bicyclic) bond motifs is 1. The van der Waals surface area contributed by atoms with E-state index in [1.807, 2.05) is 37.5 Å². The van der Waals surface area contributed by atoms with Crippen LogP contribution in [0.15, 0.2) is 29.2 Å². The summed E-state index contributed by atoms with van der Waals surface area (Å²) in [5.41, 5.74) is -0.148. The van der Waals surface area contributed by atoms with Crippen LogP contribution in [0.3, 0.4) is 0 Å². The maximum atomic E-state index is 13.0. The fourth-order valence-corrected chi connectivity index (χ4v) is 4.15. The summed E-state index contributed by atoms with van der Waals surface area (Å²) in [6.07, 6.45) is 2.86. The third kappa shape index (κ3) is 4.96. The summed E-state index contributed by atoms with van der Waals surface area (Å²) < 4.78 is 13.5. The van der Waals surface area contributed by atoms with E-state index in [-0.39, 0.29) is 29.7 Å². The second-order valence-corrected chi connectivity index (χ2v) is 9.63. The van der Waals surface area contributed by atoms with Crippen molar-refractivity contribution in [2.75, 3.05) is 19.7 Å². The maximum Gasteiger partial charge on any atom is 0.410 e. The van der Waals surface area contributed by atoms with Crippen molar-refractivity contribution in [2.24, 2.45) is 0 Å². The van der Waals surface area contributed by atoms with Crippen LogP contribution in [0.5, 0.6) is 0 Å². The number of hydrogen-bond acceptors (Lipinski definition) is 5. The molecule has 8 heteroatoms. The topological polar surface area (TPSA) is 77.8 Å². The number of likely N-dealkylation sites (tertiary alicyclic amines) is 1. The molecule has 0 saturated carbocycles. The maximum absolute atomic E-state index is 13.0. The fraction of sp³-hybridized carbons (Fsp3) is 0.500. The summed E-state index contributed by atoms with van der Waals surface area (Å²) in [4.78, 5) is 39.7. The molecule has 0 radical (unpaired) electrons. The highest BCUT2D eigenvalue weighted by molar-refractivity contribution is 14.1. The van der Waals surface area contributed by atoms with Gasteiger partial charge in [-0.05, 0) is 81.3 Å². The number of benzene rings is 1. The van der Waals surface area contributed by atoms with Crippen molar-refractivity contribution in [3.63, 3.8) is 0 Å². The van der Waals surface area contributed by atoms with Gasteiger partial charge in [-0.1, -0.05) is 0 Å². The largest absolute Gasteiger partial charge is 0.462 e. The molecular weight excluding hydrogens is 499 g/mol. The van der Waals surface area contributed by atoms with Crippen molar-refractivity contribution in [1.82, 2.24) is 9.47 Å². The highest BCUT2D eigenvalue weighted by Crippen LogP contribution is 2.27. The van der Waals surface area contributed by atoms with E-state index in [1.54, 1.807) is 24.1 Å². The number of halogens is 1. The van der Waals surface area contributed by atoms with Crippen LogP contribution in [0.4, 0.5) is 4.79 Å². The lowest BCUT2D eigenvalue weighted by molar-refractivity contribution is 0.0173. The van der Waals surface area contributed by atoms with Gasteiger partial charge < -0.3 is 18.9 Å². The van der Waals surface area contributed by atoms with E-state index in [1.165, 1.54) is 0 Å². The van der Waals surface area contributed by atoms with E-state index >= 15 is 0 Å². The van der Waals surface area contributed by atoms with Crippen LogP contribution in [0.25, 0.3) is 10.9 Å². The van der Waals surface area contributed by atoms with E-state index in [2.05, 4.69) is 22.6 Å². The standard InChI is InChI=1S/C22H27IN2O5/c1-5-29-20(27)17-13-25(18-9-8-14(23)11-16(18)19(17)26)15-7-6-10-24(12-15)21(28)30-22(2,3)4/h8-9,11,13,15H,5-7,10,12H2,1-4H3/t15-/m0/s1. The Labute approximate surface area is 189 Å². The van der Waals surface area contributed by atoms with Gasteiger partial charge in [0.25, 0.3) is 0 Å². The summed E-state index contributed by atoms with van der Waals surface area (Å²) in [5.74, 6) is -0.628. The quantitative estimate of drug-likeness (QED) is 0.439. The van der Waals surface area contributed by atoms with Gasteiger partial charge in [-0.25, -0.2) is 9.59 Å². The van der Waals surface area contributed by atoms with Crippen molar-refractivity contribution in [1.29, 1.82) is 0 Å².